The van der Waals surface area contributed by atoms with Crippen molar-refractivity contribution in [3.8, 4) is 0 Å². The van der Waals surface area contributed by atoms with E-state index in [0.717, 1.165) is 5.57 Å². The molecule has 0 aromatic heterocycles. The molecule has 64 valence electrons. The third-order valence-corrected chi connectivity index (χ3v) is 1.18. The number of carbonyl (C=O) groups excluding carboxylic acids is 1. The highest BCUT2D eigenvalue weighted by atomic mass is 16.5. The molecule has 1 rings (SSSR count). The number of carbonyl (C=O) groups is 1. The Kier molecular flexibility index (Phi) is 5.75. The molecule has 0 saturated heterocycles. The van der Waals surface area contributed by atoms with Crippen LogP contribution in [0.15, 0.2) is 11.6 Å². The van der Waals surface area contributed by atoms with Gasteiger partial charge in [0.2, 0.25) is 0 Å². The molecule has 0 unspecified atom stereocenters. The maximum atomic E-state index is 10.6. The van der Waals surface area contributed by atoms with Crippen LogP contribution in [0.4, 0.5) is 0 Å². The van der Waals surface area contributed by atoms with Crippen LogP contribution in [-0.4, -0.2) is 19.0 Å². The molecule has 0 aliphatic carbocycles. The van der Waals surface area contributed by atoms with Gasteiger partial charge < -0.3 is 4.74 Å². The van der Waals surface area contributed by atoms with Crippen molar-refractivity contribution in [3.05, 3.63) is 11.6 Å². The number of Topliss-reactive ketones (excluding diaryl/α,β-unsaturated/α-hetero) is 1. The molecule has 2 nitrogen and oxygen atoms in total. The SMILES string of the molecule is CC1=CCOCC1=O.CCC. The fraction of sp³-hybridized carbons (Fsp3) is 0.667. The Labute approximate surface area is 68.2 Å². The molecule has 1 heterocycles. The summed E-state index contributed by atoms with van der Waals surface area (Å²) in [5, 5.41) is 0. The van der Waals surface area contributed by atoms with Gasteiger partial charge in [0.25, 0.3) is 0 Å². The number of ether oxygens (including phenoxy) is 1. The average molecular weight is 156 g/mol. The molecule has 0 spiro atoms. The van der Waals surface area contributed by atoms with Gasteiger partial charge in [-0.15, -0.1) is 0 Å². The van der Waals surface area contributed by atoms with Crippen molar-refractivity contribution >= 4 is 5.78 Å². The highest BCUT2D eigenvalue weighted by molar-refractivity contribution is 5.96. The van der Waals surface area contributed by atoms with Crippen LogP contribution in [0, 0.1) is 0 Å². The summed E-state index contributed by atoms with van der Waals surface area (Å²) in [5.74, 6) is 0.108. The van der Waals surface area contributed by atoms with Crippen molar-refractivity contribution in [2.45, 2.75) is 27.2 Å². The second kappa shape index (κ2) is 6.10. The minimum Gasteiger partial charge on any atom is -0.369 e. The highest BCUT2D eigenvalue weighted by Gasteiger charge is 2.07. The summed E-state index contributed by atoms with van der Waals surface area (Å²) in [6, 6.07) is 0. The molecule has 0 aromatic rings. The van der Waals surface area contributed by atoms with Crippen molar-refractivity contribution < 1.29 is 9.53 Å². The summed E-state index contributed by atoms with van der Waals surface area (Å²) in [6.07, 6.45) is 3.05. The molecule has 0 atom stereocenters. The Morgan fingerprint density at radius 2 is 2.09 bits per heavy atom. The lowest BCUT2D eigenvalue weighted by Gasteiger charge is -2.06. The standard InChI is InChI=1S/C6H8O2.C3H8/c1-5-2-3-8-4-6(5)7;1-3-2/h2H,3-4H2,1H3;3H2,1-2H3. The predicted molar refractivity (Wildman–Crippen MR) is 45.5 cm³/mol. The van der Waals surface area contributed by atoms with Crippen molar-refractivity contribution in [2.24, 2.45) is 0 Å². The summed E-state index contributed by atoms with van der Waals surface area (Å²) < 4.78 is 4.83. The van der Waals surface area contributed by atoms with Gasteiger partial charge in [0.05, 0.1) is 6.61 Å². The van der Waals surface area contributed by atoms with Gasteiger partial charge in [0.1, 0.15) is 6.61 Å². The third-order valence-electron chi connectivity index (χ3n) is 1.18. The van der Waals surface area contributed by atoms with E-state index < -0.39 is 0 Å². The van der Waals surface area contributed by atoms with Gasteiger partial charge in [-0.05, 0) is 12.5 Å². The third kappa shape index (κ3) is 4.73. The summed E-state index contributed by atoms with van der Waals surface area (Å²) in [7, 11) is 0. The molecule has 1 aliphatic heterocycles. The van der Waals surface area contributed by atoms with Gasteiger partial charge in [-0.25, -0.2) is 0 Å². The summed E-state index contributed by atoms with van der Waals surface area (Å²) in [6.45, 7) is 6.92. The largest absolute Gasteiger partial charge is 0.369 e. The average Bonchev–Trinajstić information content (AvgIpc) is 1.97. The van der Waals surface area contributed by atoms with E-state index in [0.29, 0.717) is 6.61 Å². The van der Waals surface area contributed by atoms with Gasteiger partial charge in [0.15, 0.2) is 5.78 Å². The van der Waals surface area contributed by atoms with Gasteiger partial charge in [-0.1, -0.05) is 26.3 Å². The molecule has 0 saturated carbocycles. The first-order valence-electron chi connectivity index (χ1n) is 4.00. The predicted octanol–water partition coefficient (Wildman–Crippen LogP) is 1.95. The second-order valence-electron chi connectivity index (χ2n) is 2.53. The molecule has 11 heavy (non-hydrogen) atoms. The monoisotopic (exact) mass is 156 g/mol. The first-order chi connectivity index (χ1) is 5.22. The van der Waals surface area contributed by atoms with E-state index >= 15 is 0 Å². The van der Waals surface area contributed by atoms with E-state index in [1.807, 2.05) is 6.92 Å². The normalized spacial score (nSPS) is 16.6. The first kappa shape index (κ1) is 10.4. The number of hydrogen-bond donors (Lipinski definition) is 0. The Bertz CT molecular complexity index is 148. The maximum absolute atomic E-state index is 10.6. The Balaban J connectivity index is 0.000000292. The molecule has 0 N–H and O–H groups in total. The Hall–Kier alpha value is -0.630. The minimum absolute atomic E-state index is 0.108. The molecular formula is C9H16O2. The maximum Gasteiger partial charge on any atom is 0.183 e. The lowest BCUT2D eigenvalue weighted by atomic mass is 10.2. The van der Waals surface area contributed by atoms with Gasteiger partial charge in [-0.2, -0.15) is 0 Å². The minimum atomic E-state index is 0.108. The van der Waals surface area contributed by atoms with Crippen LogP contribution in [0.25, 0.3) is 0 Å². The van der Waals surface area contributed by atoms with E-state index in [1.165, 1.54) is 6.42 Å². The molecule has 0 amide bonds. The van der Waals surface area contributed by atoms with E-state index in [-0.39, 0.29) is 12.4 Å². The zero-order chi connectivity index (χ0) is 8.69. The van der Waals surface area contributed by atoms with E-state index in [9.17, 15) is 4.79 Å². The number of hydrogen-bond acceptors (Lipinski definition) is 2. The van der Waals surface area contributed by atoms with Crippen molar-refractivity contribution in [1.29, 1.82) is 0 Å². The lowest BCUT2D eigenvalue weighted by Crippen LogP contribution is -2.15. The van der Waals surface area contributed by atoms with Gasteiger partial charge >= 0.3 is 0 Å². The van der Waals surface area contributed by atoms with Crippen LogP contribution in [0.5, 0.6) is 0 Å². The Morgan fingerprint density at radius 1 is 1.55 bits per heavy atom. The van der Waals surface area contributed by atoms with E-state index in [2.05, 4.69) is 13.8 Å². The van der Waals surface area contributed by atoms with E-state index in [1.54, 1.807) is 6.08 Å². The smallest absolute Gasteiger partial charge is 0.183 e. The molecule has 1 aliphatic rings. The fourth-order valence-corrected chi connectivity index (χ4v) is 0.563. The van der Waals surface area contributed by atoms with Crippen LogP contribution in [-0.2, 0) is 9.53 Å². The second-order valence-corrected chi connectivity index (χ2v) is 2.53. The van der Waals surface area contributed by atoms with Crippen LogP contribution < -0.4 is 0 Å². The summed E-state index contributed by atoms with van der Waals surface area (Å²) in [5.41, 5.74) is 0.830. The molecular weight excluding hydrogens is 140 g/mol. The van der Waals surface area contributed by atoms with Crippen molar-refractivity contribution in [2.75, 3.05) is 13.2 Å². The molecule has 0 bridgehead atoms. The van der Waals surface area contributed by atoms with Crippen LogP contribution in [0.3, 0.4) is 0 Å². The molecule has 0 radical (unpaired) electrons. The fourth-order valence-electron chi connectivity index (χ4n) is 0.563. The lowest BCUT2D eigenvalue weighted by molar-refractivity contribution is -0.120. The summed E-state index contributed by atoms with van der Waals surface area (Å²) >= 11 is 0. The molecule has 0 fully saturated rings. The zero-order valence-electron chi connectivity index (χ0n) is 7.52. The molecule has 0 aromatic carbocycles. The quantitative estimate of drug-likeness (QED) is 0.536. The highest BCUT2D eigenvalue weighted by Crippen LogP contribution is 2.00. The van der Waals surface area contributed by atoms with Crippen LogP contribution >= 0.6 is 0 Å². The Morgan fingerprint density at radius 3 is 2.36 bits per heavy atom. The summed E-state index contributed by atoms with van der Waals surface area (Å²) in [4.78, 5) is 10.6. The van der Waals surface area contributed by atoms with Crippen LogP contribution in [0.2, 0.25) is 0 Å². The number of ketones is 1. The van der Waals surface area contributed by atoms with E-state index in [4.69, 9.17) is 4.74 Å². The van der Waals surface area contributed by atoms with Gasteiger partial charge in [-0.3, -0.25) is 4.79 Å². The van der Waals surface area contributed by atoms with Gasteiger partial charge in [0, 0.05) is 0 Å². The number of rotatable bonds is 0. The topological polar surface area (TPSA) is 26.3 Å². The van der Waals surface area contributed by atoms with Crippen molar-refractivity contribution in [1.82, 2.24) is 0 Å². The zero-order valence-corrected chi connectivity index (χ0v) is 7.52. The molecule has 2 heteroatoms. The van der Waals surface area contributed by atoms with Crippen LogP contribution in [0.1, 0.15) is 27.2 Å². The van der Waals surface area contributed by atoms with Crippen molar-refractivity contribution in [3.63, 3.8) is 0 Å². The first-order valence-corrected chi connectivity index (χ1v) is 4.00.